The molecule has 0 aromatic carbocycles. The topological polar surface area (TPSA) is 108 Å². The molecule has 3 rings (SSSR count). The third-order valence-corrected chi connectivity index (χ3v) is 7.34. The standard InChI is InChI=1S/C26H35NO5/c1-3-6-19-15-26(19,13-4-2)18-8-5-7-17(9-10-18)21-16-32-23(21)14-22(27)20(25(30)31)11-12-24(28)29/h5,7,10-12,18-21,23,27H,3-4,6,8,13-16H2,1-2H3,(H,28,29)(H,30,31)/b12-11+,27-22?. The average molecular weight is 442 g/mol. The highest BCUT2D eigenvalue weighted by Crippen LogP contribution is 2.64. The van der Waals surface area contributed by atoms with Gasteiger partial charge in [0.1, 0.15) is 5.92 Å². The van der Waals surface area contributed by atoms with Crippen molar-refractivity contribution in [2.45, 2.75) is 64.9 Å². The van der Waals surface area contributed by atoms with Crippen molar-refractivity contribution < 1.29 is 24.5 Å². The summed E-state index contributed by atoms with van der Waals surface area (Å²) in [6.07, 6.45) is 15.7. The summed E-state index contributed by atoms with van der Waals surface area (Å²) in [6, 6.07) is 0. The van der Waals surface area contributed by atoms with Crippen molar-refractivity contribution >= 4 is 17.7 Å². The van der Waals surface area contributed by atoms with E-state index in [1.54, 1.807) is 0 Å². The molecule has 0 aromatic heterocycles. The number of allylic oxidation sites excluding steroid dienone is 2. The van der Waals surface area contributed by atoms with Crippen molar-refractivity contribution in [2.75, 3.05) is 6.61 Å². The molecule has 6 atom stereocenters. The normalized spacial score (nSPS) is 32.1. The fourth-order valence-corrected chi connectivity index (χ4v) is 5.52. The summed E-state index contributed by atoms with van der Waals surface area (Å²) in [6.45, 7) is 5.06. The van der Waals surface area contributed by atoms with Crippen LogP contribution in [0.3, 0.4) is 0 Å². The summed E-state index contributed by atoms with van der Waals surface area (Å²) in [5, 5.41) is 26.3. The van der Waals surface area contributed by atoms with E-state index in [9.17, 15) is 14.7 Å². The van der Waals surface area contributed by atoms with Crippen molar-refractivity contribution in [3.63, 3.8) is 0 Å². The maximum atomic E-state index is 11.5. The minimum atomic E-state index is -1.26. The van der Waals surface area contributed by atoms with Crippen LogP contribution in [0.5, 0.6) is 0 Å². The number of hydrogen-bond donors (Lipinski definition) is 3. The number of hydrogen-bond acceptors (Lipinski definition) is 4. The third-order valence-electron chi connectivity index (χ3n) is 7.34. The fourth-order valence-electron chi connectivity index (χ4n) is 5.52. The summed E-state index contributed by atoms with van der Waals surface area (Å²) in [5.41, 5.74) is 4.97. The predicted molar refractivity (Wildman–Crippen MR) is 123 cm³/mol. The Labute approximate surface area is 190 Å². The van der Waals surface area contributed by atoms with Gasteiger partial charge >= 0.3 is 11.9 Å². The Morgan fingerprint density at radius 2 is 2.12 bits per heavy atom. The van der Waals surface area contributed by atoms with Crippen LogP contribution >= 0.6 is 0 Å². The minimum Gasteiger partial charge on any atom is -0.481 e. The second kappa shape index (κ2) is 10.5. The highest BCUT2D eigenvalue weighted by Gasteiger charge is 2.55. The predicted octanol–water partition coefficient (Wildman–Crippen LogP) is 5.02. The Kier molecular flexibility index (Phi) is 7.91. The summed E-state index contributed by atoms with van der Waals surface area (Å²) in [4.78, 5) is 22.2. The molecule has 6 heteroatoms. The molecule has 0 bridgehead atoms. The van der Waals surface area contributed by atoms with Gasteiger partial charge in [-0.3, -0.25) is 4.79 Å². The molecular formula is C26H35NO5. The third kappa shape index (κ3) is 5.31. The van der Waals surface area contributed by atoms with E-state index in [2.05, 4.69) is 37.8 Å². The lowest BCUT2D eigenvalue weighted by Gasteiger charge is -2.37. The van der Waals surface area contributed by atoms with Gasteiger partial charge in [-0.15, -0.1) is 5.73 Å². The molecule has 3 aliphatic rings. The first-order valence-corrected chi connectivity index (χ1v) is 11.8. The maximum absolute atomic E-state index is 11.5. The molecule has 6 nitrogen and oxygen atoms in total. The molecule has 32 heavy (non-hydrogen) atoms. The SMILES string of the molecule is CCCC1CC1(CCC)C1C=C=C(C2COC2CC(=N)C(/C=C/C(=O)O)C(=O)O)C=CC1. The summed E-state index contributed by atoms with van der Waals surface area (Å²) >= 11 is 0. The van der Waals surface area contributed by atoms with Gasteiger partial charge in [-0.1, -0.05) is 51.3 Å². The van der Waals surface area contributed by atoms with Crippen LogP contribution in [0.25, 0.3) is 0 Å². The van der Waals surface area contributed by atoms with Crippen LogP contribution in [0, 0.1) is 34.5 Å². The zero-order valence-corrected chi connectivity index (χ0v) is 19.0. The van der Waals surface area contributed by atoms with Crippen molar-refractivity contribution in [3.05, 3.63) is 41.7 Å². The molecule has 0 spiro atoms. The number of aliphatic carboxylic acids is 2. The molecule has 1 heterocycles. The van der Waals surface area contributed by atoms with Gasteiger partial charge in [0.15, 0.2) is 0 Å². The van der Waals surface area contributed by atoms with Gasteiger partial charge in [0, 0.05) is 29.7 Å². The quantitative estimate of drug-likeness (QED) is 0.224. The first kappa shape index (κ1) is 24.2. The lowest BCUT2D eigenvalue weighted by atomic mass is 9.80. The van der Waals surface area contributed by atoms with E-state index in [1.807, 2.05) is 0 Å². The summed E-state index contributed by atoms with van der Waals surface area (Å²) in [7, 11) is 0. The van der Waals surface area contributed by atoms with Crippen LogP contribution in [-0.4, -0.2) is 40.6 Å². The Bertz CT molecular complexity index is 865. The van der Waals surface area contributed by atoms with Gasteiger partial charge < -0.3 is 20.4 Å². The van der Waals surface area contributed by atoms with Crippen molar-refractivity contribution in [1.82, 2.24) is 0 Å². The minimum absolute atomic E-state index is 0.0490. The van der Waals surface area contributed by atoms with Crippen LogP contribution < -0.4 is 0 Å². The van der Waals surface area contributed by atoms with Gasteiger partial charge in [0.05, 0.1) is 12.7 Å². The Balaban J connectivity index is 1.69. The lowest BCUT2D eigenvalue weighted by Crippen LogP contribution is -2.43. The van der Waals surface area contributed by atoms with Crippen molar-refractivity contribution in [2.24, 2.45) is 29.1 Å². The van der Waals surface area contributed by atoms with E-state index < -0.39 is 17.9 Å². The van der Waals surface area contributed by atoms with Gasteiger partial charge in [-0.2, -0.15) is 0 Å². The Morgan fingerprint density at radius 1 is 1.34 bits per heavy atom. The van der Waals surface area contributed by atoms with E-state index in [4.69, 9.17) is 15.3 Å². The number of carbonyl (C=O) groups is 2. The van der Waals surface area contributed by atoms with Crippen LogP contribution in [-0.2, 0) is 14.3 Å². The first-order valence-electron chi connectivity index (χ1n) is 11.8. The second-order valence-electron chi connectivity index (χ2n) is 9.40. The Hall–Kier alpha value is -2.43. The smallest absolute Gasteiger partial charge is 0.328 e. The summed E-state index contributed by atoms with van der Waals surface area (Å²) in [5.74, 6) is -2.32. The fraction of sp³-hybridized carbons (Fsp3) is 0.615. The van der Waals surface area contributed by atoms with Gasteiger partial charge in [-0.25, -0.2) is 4.79 Å². The monoisotopic (exact) mass is 441 g/mol. The van der Waals surface area contributed by atoms with Crippen molar-refractivity contribution in [1.29, 1.82) is 5.41 Å². The number of ether oxygens (including phenoxy) is 1. The van der Waals surface area contributed by atoms with Crippen LogP contribution in [0.1, 0.15) is 58.8 Å². The van der Waals surface area contributed by atoms with Gasteiger partial charge in [-0.05, 0) is 42.6 Å². The van der Waals surface area contributed by atoms with Gasteiger partial charge in [0.2, 0.25) is 0 Å². The molecule has 1 saturated carbocycles. The largest absolute Gasteiger partial charge is 0.481 e. The molecule has 2 aliphatic carbocycles. The molecule has 1 saturated heterocycles. The van der Waals surface area contributed by atoms with E-state index >= 15 is 0 Å². The highest BCUT2D eigenvalue weighted by atomic mass is 16.5. The molecule has 6 unspecified atom stereocenters. The molecular weight excluding hydrogens is 406 g/mol. The molecule has 174 valence electrons. The zero-order valence-electron chi connectivity index (χ0n) is 19.0. The average Bonchev–Trinajstić information content (AvgIpc) is 3.45. The number of rotatable bonds is 12. The van der Waals surface area contributed by atoms with Crippen molar-refractivity contribution in [3.8, 4) is 0 Å². The molecule has 2 fully saturated rings. The second-order valence-corrected chi connectivity index (χ2v) is 9.40. The zero-order chi connectivity index (χ0) is 23.3. The molecule has 3 N–H and O–H groups in total. The number of carboxylic acids is 2. The van der Waals surface area contributed by atoms with Crippen LogP contribution in [0.4, 0.5) is 0 Å². The van der Waals surface area contributed by atoms with Gasteiger partial charge in [0.25, 0.3) is 0 Å². The molecule has 0 aromatic rings. The lowest BCUT2D eigenvalue weighted by molar-refractivity contribution is -0.138. The molecule has 0 radical (unpaired) electrons. The molecule has 1 aliphatic heterocycles. The van der Waals surface area contributed by atoms with E-state index in [0.717, 1.165) is 30.1 Å². The number of nitrogens with one attached hydrogen (secondary N) is 1. The van der Waals surface area contributed by atoms with E-state index in [-0.39, 0.29) is 24.2 Å². The van der Waals surface area contributed by atoms with E-state index in [0.29, 0.717) is 17.9 Å². The Morgan fingerprint density at radius 3 is 2.72 bits per heavy atom. The van der Waals surface area contributed by atoms with E-state index in [1.165, 1.54) is 32.1 Å². The summed E-state index contributed by atoms with van der Waals surface area (Å²) < 4.78 is 5.67. The number of carboxylic acid groups (broad SMARTS) is 2. The van der Waals surface area contributed by atoms with Crippen LogP contribution in [0.15, 0.2) is 41.7 Å². The van der Waals surface area contributed by atoms with Crippen LogP contribution in [0.2, 0.25) is 0 Å². The maximum Gasteiger partial charge on any atom is 0.328 e. The molecule has 0 amide bonds. The first-order chi connectivity index (χ1) is 15.3. The highest BCUT2D eigenvalue weighted by molar-refractivity contribution is 6.02.